The highest BCUT2D eigenvalue weighted by Gasteiger charge is 2.25. The van der Waals surface area contributed by atoms with Gasteiger partial charge < -0.3 is 15.3 Å². The SMILES string of the molecule is CC(O)CCN(C)C(=O)NC(CC1CCC1)c1ccccc1. The van der Waals surface area contributed by atoms with Crippen LogP contribution in [0.5, 0.6) is 0 Å². The van der Waals surface area contributed by atoms with Crippen LogP contribution < -0.4 is 5.32 Å². The number of carbonyl (C=O) groups is 1. The van der Waals surface area contributed by atoms with Crippen LogP contribution in [0.25, 0.3) is 0 Å². The average molecular weight is 304 g/mol. The summed E-state index contributed by atoms with van der Waals surface area (Å²) in [6.07, 6.45) is 5.10. The fourth-order valence-corrected chi connectivity index (χ4v) is 2.77. The Bertz CT molecular complexity index is 457. The molecule has 0 radical (unpaired) electrons. The van der Waals surface area contributed by atoms with Crippen molar-refractivity contribution in [3.05, 3.63) is 35.9 Å². The Hall–Kier alpha value is -1.55. The second kappa shape index (κ2) is 8.18. The summed E-state index contributed by atoms with van der Waals surface area (Å²) in [5.41, 5.74) is 1.17. The van der Waals surface area contributed by atoms with Gasteiger partial charge in [-0.2, -0.15) is 0 Å². The molecule has 122 valence electrons. The molecule has 0 saturated heterocycles. The van der Waals surface area contributed by atoms with Gasteiger partial charge in [0.25, 0.3) is 0 Å². The summed E-state index contributed by atoms with van der Waals surface area (Å²) in [5, 5.41) is 12.5. The van der Waals surface area contributed by atoms with Crippen LogP contribution in [-0.2, 0) is 0 Å². The number of amides is 2. The minimum Gasteiger partial charge on any atom is -0.393 e. The Labute approximate surface area is 133 Å². The second-order valence-electron chi connectivity index (χ2n) is 6.50. The second-order valence-corrected chi connectivity index (χ2v) is 6.50. The van der Waals surface area contributed by atoms with Crippen LogP contribution >= 0.6 is 0 Å². The molecule has 1 saturated carbocycles. The van der Waals surface area contributed by atoms with Crippen molar-refractivity contribution < 1.29 is 9.90 Å². The molecular weight excluding hydrogens is 276 g/mol. The third-order valence-electron chi connectivity index (χ3n) is 4.52. The molecule has 2 N–H and O–H groups in total. The van der Waals surface area contributed by atoms with Crippen LogP contribution in [0.3, 0.4) is 0 Å². The van der Waals surface area contributed by atoms with Gasteiger partial charge in [0.05, 0.1) is 12.1 Å². The summed E-state index contributed by atoms with van der Waals surface area (Å²) in [4.78, 5) is 14.0. The maximum Gasteiger partial charge on any atom is 0.317 e. The van der Waals surface area contributed by atoms with E-state index in [1.165, 1.54) is 24.8 Å². The highest BCUT2D eigenvalue weighted by Crippen LogP contribution is 2.34. The monoisotopic (exact) mass is 304 g/mol. The lowest BCUT2D eigenvalue weighted by atomic mass is 9.79. The van der Waals surface area contributed by atoms with Crippen LogP contribution in [0.1, 0.15) is 50.6 Å². The van der Waals surface area contributed by atoms with E-state index in [1.54, 1.807) is 18.9 Å². The highest BCUT2D eigenvalue weighted by molar-refractivity contribution is 5.74. The summed E-state index contributed by atoms with van der Waals surface area (Å²) in [6, 6.07) is 10.2. The number of aliphatic hydroxyl groups excluding tert-OH is 1. The van der Waals surface area contributed by atoms with Gasteiger partial charge in [0, 0.05) is 13.6 Å². The Morgan fingerprint density at radius 1 is 1.36 bits per heavy atom. The van der Waals surface area contributed by atoms with Gasteiger partial charge in [-0.05, 0) is 31.2 Å². The molecule has 0 aromatic heterocycles. The van der Waals surface area contributed by atoms with Crippen molar-refractivity contribution >= 4 is 6.03 Å². The first kappa shape index (κ1) is 16.8. The highest BCUT2D eigenvalue weighted by atomic mass is 16.3. The largest absolute Gasteiger partial charge is 0.393 e. The number of hydrogen-bond acceptors (Lipinski definition) is 2. The number of hydrogen-bond donors (Lipinski definition) is 2. The zero-order valence-corrected chi connectivity index (χ0v) is 13.7. The van der Waals surface area contributed by atoms with Crippen LogP contribution in [0, 0.1) is 5.92 Å². The lowest BCUT2D eigenvalue weighted by Gasteiger charge is -2.31. The quantitative estimate of drug-likeness (QED) is 0.812. The van der Waals surface area contributed by atoms with Gasteiger partial charge in [-0.3, -0.25) is 0 Å². The Morgan fingerprint density at radius 3 is 2.59 bits per heavy atom. The van der Waals surface area contributed by atoms with Crippen LogP contribution in [-0.4, -0.2) is 35.7 Å². The molecule has 2 rings (SSSR count). The summed E-state index contributed by atoms with van der Waals surface area (Å²) < 4.78 is 0. The molecule has 22 heavy (non-hydrogen) atoms. The molecule has 1 aliphatic carbocycles. The van der Waals surface area contributed by atoms with Crippen LogP contribution in [0.2, 0.25) is 0 Å². The molecule has 4 nitrogen and oxygen atoms in total. The molecule has 1 fully saturated rings. The van der Waals surface area contributed by atoms with Crippen molar-refractivity contribution in [3.8, 4) is 0 Å². The van der Waals surface area contributed by atoms with Crippen LogP contribution in [0.4, 0.5) is 4.79 Å². The smallest absolute Gasteiger partial charge is 0.317 e. The first-order chi connectivity index (χ1) is 10.6. The van der Waals surface area contributed by atoms with Crippen LogP contribution in [0.15, 0.2) is 30.3 Å². The van der Waals surface area contributed by atoms with Crippen molar-refractivity contribution in [2.24, 2.45) is 5.92 Å². The summed E-state index contributed by atoms with van der Waals surface area (Å²) in [6.45, 7) is 2.31. The van der Waals surface area contributed by atoms with E-state index in [9.17, 15) is 9.90 Å². The zero-order chi connectivity index (χ0) is 15.9. The number of aliphatic hydroxyl groups is 1. The van der Waals surface area contributed by atoms with Gasteiger partial charge in [-0.25, -0.2) is 4.79 Å². The van der Waals surface area contributed by atoms with E-state index in [1.807, 2.05) is 18.2 Å². The van der Waals surface area contributed by atoms with E-state index >= 15 is 0 Å². The van der Waals surface area contributed by atoms with Crippen molar-refractivity contribution in [1.29, 1.82) is 0 Å². The molecule has 4 heteroatoms. The first-order valence-electron chi connectivity index (χ1n) is 8.31. The number of urea groups is 1. The van der Waals surface area contributed by atoms with Gasteiger partial charge in [-0.1, -0.05) is 49.6 Å². The predicted molar refractivity (Wildman–Crippen MR) is 88.6 cm³/mol. The Morgan fingerprint density at radius 2 is 2.05 bits per heavy atom. The third kappa shape index (κ3) is 5.02. The van der Waals surface area contributed by atoms with E-state index in [0.717, 1.165) is 12.3 Å². The molecule has 0 bridgehead atoms. The number of nitrogens with one attached hydrogen (secondary N) is 1. The first-order valence-corrected chi connectivity index (χ1v) is 8.31. The van der Waals surface area contributed by atoms with Crippen molar-refractivity contribution in [1.82, 2.24) is 10.2 Å². The maximum atomic E-state index is 12.4. The number of nitrogens with zero attached hydrogens (tertiary/aromatic N) is 1. The minimum absolute atomic E-state index is 0.0613. The predicted octanol–water partition coefficient (Wildman–Crippen LogP) is 3.33. The Balaban J connectivity index is 1.94. The van der Waals surface area contributed by atoms with E-state index in [-0.39, 0.29) is 18.2 Å². The fraction of sp³-hybridized carbons (Fsp3) is 0.611. The number of carbonyl (C=O) groups excluding carboxylic acids is 1. The van der Waals surface area contributed by atoms with E-state index in [2.05, 4.69) is 17.4 Å². The van der Waals surface area contributed by atoms with E-state index < -0.39 is 0 Å². The lowest BCUT2D eigenvalue weighted by Crippen LogP contribution is -2.41. The summed E-state index contributed by atoms with van der Waals surface area (Å²) in [7, 11) is 1.78. The molecule has 0 aliphatic heterocycles. The molecule has 1 aliphatic rings. The third-order valence-corrected chi connectivity index (χ3v) is 4.52. The van der Waals surface area contributed by atoms with Gasteiger partial charge >= 0.3 is 6.03 Å². The molecule has 2 amide bonds. The molecule has 1 aromatic carbocycles. The number of rotatable bonds is 7. The molecule has 0 heterocycles. The normalized spacial score (nSPS) is 17.4. The molecule has 2 atom stereocenters. The summed E-state index contributed by atoms with van der Waals surface area (Å²) >= 11 is 0. The average Bonchev–Trinajstić information content (AvgIpc) is 2.47. The fourth-order valence-electron chi connectivity index (χ4n) is 2.77. The lowest BCUT2D eigenvalue weighted by molar-refractivity contribution is 0.160. The van der Waals surface area contributed by atoms with Gasteiger partial charge in [0.2, 0.25) is 0 Å². The summed E-state index contributed by atoms with van der Waals surface area (Å²) in [5.74, 6) is 0.730. The molecule has 2 unspecified atom stereocenters. The van der Waals surface area contributed by atoms with Gasteiger partial charge in [0.1, 0.15) is 0 Å². The van der Waals surface area contributed by atoms with Crippen molar-refractivity contribution in [2.45, 2.75) is 51.2 Å². The minimum atomic E-state index is -0.379. The van der Waals surface area contributed by atoms with Gasteiger partial charge in [0.15, 0.2) is 0 Å². The Kier molecular flexibility index (Phi) is 6.25. The maximum absolute atomic E-state index is 12.4. The van der Waals surface area contributed by atoms with E-state index in [4.69, 9.17) is 0 Å². The number of benzene rings is 1. The molecule has 1 aromatic rings. The van der Waals surface area contributed by atoms with E-state index in [0.29, 0.717) is 13.0 Å². The zero-order valence-electron chi connectivity index (χ0n) is 13.7. The molecule has 0 spiro atoms. The molecular formula is C18H28N2O2. The van der Waals surface area contributed by atoms with Crippen molar-refractivity contribution in [3.63, 3.8) is 0 Å². The standard InChI is InChI=1S/C18H28N2O2/c1-14(21)11-12-20(2)18(22)19-17(13-15-7-6-8-15)16-9-4-3-5-10-16/h3-5,9-10,14-15,17,21H,6-8,11-13H2,1-2H3,(H,19,22). The topological polar surface area (TPSA) is 52.6 Å². The van der Waals surface area contributed by atoms with Crippen molar-refractivity contribution in [2.75, 3.05) is 13.6 Å². The van der Waals surface area contributed by atoms with Gasteiger partial charge in [-0.15, -0.1) is 0 Å².